The van der Waals surface area contributed by atoms with Crippen molar-refractivity contribution in [3.8, 4) is 0 Å². The van der Waals surface area contributed by atoms with Crippen molar-refractivity contribution in [2.75, 3.05) is 6.54 Å². The molecule has 0 saturated heterocycles. The van der Waals surface area contributed by atoms with Crippen molar-refractivity contribution in [2.45, 2.75) is 51.0 Å². The molecule has 2 aliphatic rings. The fourth-order valence-corrected chi connectivity index (χ4v) is 3.24. The molecular formula is C16H22FN. The van der Waals surface area contributed by atoms with Gasteiger partial charge in [-0.25, -0.2) is 4.39 Å². The Bertz CT molecular complexity index is 405. The van der Waals surface area contributed by atoms with Crippen LogP contribution in [0.5, 0.6) is 0 Å². The second kappa shape index (κ2) is 5.00. The summed E-state index contributed by atoms with van der Waals surface area (Å²) in [5.41, 5.74) is 1.21. The van der Waals surface area contributed by atoms with E-state index in [9.17, 15) is 4.39 Å². The van der Waals surface area contributed by atoms with Crippen LogP contribution >= 0.6 is 0 Å². The van der Waals surface area contributed by atoms with Gasteiger partial charge in [0.15, 0.2) is 0 Å². The molecule has 0 atom stereocenters. The van der Waals surface area contributed by atoms with Crippen LogP contribution in [-0.2, 0) is 6.42 Å². The maximum Gasteiger partial charge on any atom is 0.126 e. The molecule has 1 nitrogen and oxygen atoms in total. The van der Waals surface area contributed by atoms with Gasteiger partial charge in [-0.1, -0.05) is 31.0 Å². The molecule has 0 unspecified atom stereocenters. The molecule has 2 fully saturated rings. The van der Waals surface area contributed by atoms with Crippen LogP contribution in [0.3, 0.4) is 0 Å². The summed E-state index contributed by atoms with van der Waals surface area (Å²) in [6.45, 7) is 1.08. The lowest BCUT2D eigenvalue weighted by molar-refractivity contribution is 0.273. The summed E-state index contributed by atoms with van der Waals surface area (Å²) in [7, 11) is 0. The summed E-state index contributed by atoms with van der Waals surface area (Å²) in [4.78, 5) is 0. The molecule has 1 N–H and O–H groups in total. The number of benzene rings is 1. The third-order valence-electron chi connectivity index (χ3n) is 4.53. The van der Waals surface area contributed by atoms with Crippen LogP contribution in [-0.4, -0.2) is 12.6 Å². The predicted octanol–water partition coefficient (Wildman–Crippen LogP) is 3.68. The van der Waals surface area contributed by atoms with E-state index in [1.165, 1.54) is 38.5 Å². The predicted molar refractivity (Wildman–Crippen MR) is 72.0 cm³/mol. The molecule has 1 aromatic carbocycles. The molecular weight excluding hydrogens is 225 g/mol. The van der Waals surface area contributed by atoms with Crippen LogP contribution in [0.2, 0.25) is 0 Å². The number of hydrogen-bond donors (Lipinski definition) is 1. The molecule has 0 spiro atoms. The molecule has 0 radical (unpaired) electrons. The average molecular weight is 247 g/mol. The number of nitrogens with one attached hydrogen (secondary N) is 1. The largest absolute Gasteiger partial charge is 0.313 e. The van der Waals surface area contributed by atoms with Gasteiger partial charge in [-0.05, 0) is 49.1 Å². The first-order valence-electron chi connectivity index (χ1n) is 7.24. The fourth-order valence-electron chi connectivity index (χ4n) is 3.24. The monoisotopic (exact) mass is 247 g/mol. The van der Waals surface area contributed by atoms with Gasteiger partial charge in [0.2, 0.25) is 0 Å². The minimum Gasteiger partial charge on any atom is -0.313 e. The van der Waals surface area contributed by atoms with Crippen LogP contribution in [0.4, 0.5) is 4.39 Å². The Morgan fingerprint density at radius 3 is 2.56 bits per heavy atom. The highest BCUT2D eigenvalue weighted by Crippen LogP contribution is 2.41. The van der Waals surface area contributed by atoms with Crippen molar-refractivity contribution in [3.63, 3.8) is 0 Å². The quantitative estimate of drug-likeness (QED) is 0.837. The van der Waals surface area contributed by atoms with Crippen molar-refractivity contribution in [1.82, 2.24) is 5.32 Å². The first-order chi connectivity index (χ1) is 8.77. The molecule has 3 rings (SSSR count). The fraction of sp³-hybridized carbons (Fsp3) is 0.625. The van der Waals surface area contributed by atoms with Crippen LogP contribution in [0.1, 0.15) is 44.1 Å². The first-order valence-corrected chi connectivity index (χ1v) is 7.24. The highest BCUT2D eigenvalue weighted by Gasteiger charge is 2.36. The number of halogens is 1. The van der Waals surface area contributed by atoms with Gasteiger partial charge in [-0.2, -0.15) is 0 Å². The summed E-state index contributed by atoms with van der Waals surface area (Å²) >= 11 is 0. The highest BCUT2D eigenvalue weighted by molar-refractivity contribution is 5.19. The van der Waals surface area contributed by atoms with Gasteiger partial charge in [-0.15, -0.1) is 0 Å². The van der Waals surface area contributed by atoms with Crippen LogP contribution in [0, 0.1) is 11.2 Å². The van der Waals surface area contributed by atoms with Gasteiger partial charge in [0.1, 0.15) is 5.82 Å². The Balaban J connectivity index is 1.70. The molecule has 0 amide bonds. The minimum absolute atomic E-state index is 0.0322. The second-order valence-electron chi connectivity index (χ2n) is 6.13. The SMILES string of the molecule is Fc1ccccc1CC1(CNC2CC2)CCCC1. The molecule has 1 aromatic rings. The molecule has 2 heteroatoms. The van der Waals surface area contributed by atoms with Gasteiger partial charge in [0.25, 0.3) is 0 Å². The van der Waals surface area contributed by atoms with E-state index in [1.807, 2.05) is 12.1 Å². The van der Waals surface area contributed by atoms with Crippen molar-refractivity contribution < 1.29 is 4.39 Å². The summed E-state index contributed by atoms with van der Waals surface area (Å²) in [5, 5.41) is 3.66. The third-order valence-corrected chi connectivity index (χ3v) is 4.53. The summed E-state index contributed by atoms with van der Waals surface area (Å²) in [6, 6.07) is 8.03. The van der Waals surface area contributed by atoms with Crippen LogP contribution < -0.4 is 5.32 Å². The van der Waals surface area contributed by atoms with Gasteiger partial charge in [-0.3, -0.25) is 0 Å². The van der Waals surface area contributed by atoms with Gasteiger partial charge in [0, 0.05) is 12.6 Å². The summed E-state index contributed by atoms with van der Waals surface area (Å²) in [6.07, 6.45) is 8.68. The molecule has 0 heterocycles. The van der Waals surface area contributed by atoms with Crippen molar-refractivity contribution in [3.05, 3.63) is 35.6 Å². The zero-order valence-corrected chi connectivity index (χ0v) is 10.9. The molecule has 0 aromatic heterocycles. The van der Waals surface area contributed by atoms with Gasteiger partial charge >= 0.3 is 0 Å². The molecule has 2 saturated carbocycles. The van der Waals surface area contributed by atoms with E-state index < -0.39 is 0 Å². The Morgan fingerprint density at radius 1 is 1.17 bits per heavy atom. The zero-order valence-electron chi connectivity index (χ0n) is 10.9. The normalized spacial score (nSPS) is 22.3. The second-order valence-corrected chi connectivity index (χ2v) is 6.13. The third kappa shape index (κ3) is 2.74. The standard InChI is InChI=1S/C16H22FN/c17-15-6-2-1-5-13(15)11-16(9-3-4-10-16)12-18-14-7-8-14/h1-2,5-6,14,18H,3-4,7-12H2. The highest BCUT2D eigenvalue weighted by atomic mass is 19.1. The van der Waals surface area contributed by atoms with Crippen LogP contribution in [0.15, 0.2) is 24.3 Å². The summed E-state index contributed by atoms with van der Waals surface area (Å²) in [5.74, 6) is -0.0322. The lowest BCUT2D eigenvalue weighted by atomic mass is 9.79. The lowest BCUT2D eigenvalue weighted by Crippen LogP contribution is -2.35. The first kappa shape index (κ1) is 12.2. The Hall–Kier alpha value is -0.890. The van der Waals surface area contributed by atoms with Crippen molar-refractivity contribution >= 4 is 0 Å². The Labute approximate surface area is 109 Å². The number of hydrogen-bond acceptors (Lipinski definition) is 1. The lowest BCUT2D eigenvalue weighted by Gasteiger charge is -2.30. The number of rotatable bonds is 5. The van der Waals surface area contributed by atoms with Gasteiger partial charge < -0.3 is 5.32 Å². The molecule has 18 heavy (non-hydrogen) atoms. The zero-order chi connectivity index (χ0) is 12.4. The van der Waals surface area contributed by atoms with Crippen molar-refractivity contribution in [1.29, 1.82) is 0 Å². The van der Waals surface area contributed by atoms with E-state index in [1.54, 1.807) is 12.1 Å². The van der Waals surface area contributed by atoms with E-state index in [-0.39, 0.29) is 5.82 Å². The van der Waals surface area contributed by atoms with Crippen molar-refractivity contribution in [2.24, 2.45) is 5.41 Å². The van der Waals surface area contributed by atoms with E-state index in [4.69, 9.17) is 0 Å². The van der Waals surface area contributed by atoms with E-state index in [0.717, 1.165) is 24.6 Å². The van der Waals surface area contributed by atoms with Gasteiger partial charge in [0.05, 0.1) is 0 Å². The molecule has 0 aliphatic heterocycles. The average Bonchev–Trinajstić information content (AvgIpc) is 3.10. The van der Waals surface area contributed by atoms with E-state index >= 15 is 0 Å². The van der Waals surface area contributed by atoms with E-state index in [2.05, 4.69) is 5.32 Å². The van der Waals surface area contributed by atoms with Crippen LogP contribution in [0.25, 0.3) is 0 Å². The molecule has 0 bridgehead atoms. The smallest absolute Gasteiger partial charge is 0.126 e. The maximum absolute atomic E-state index is 13.8. The Kier molecular flexibility index (Phi) is 3.38. The minimum atomic E-state index is -0.0322. The molecule has 98 valence electrons. The van der Waals surface area contributed by atoms with E-state index in [0.29, 0.717) is 5.41 Å². The molecule has 2 aliphatic carbocycles. The maximum atomic E-state index is 13.8. The Morgan fingerprint density at radius 2 is 1.89 bits per heavy atom. The summed E-state index contributed by atoms with van der Waals surface area (Å²) < 4.78 is 13.8. The topological polar surface area (TPSA) is 12.0 Å².